The average molecular weight is 436 g/mol. The summed E-state index contributed by atoms with van der Waals surface area (Å²) in [4.78, 5) is 27.7. The Kier molecular flexibility index (Phi) is 3.52. The van der Waals surface area contributed by atoms with Crippen molar-refractivity contribution >= 4 is 39.5 Å². The van der Waals surface area contributed by atoms with Crippen molar-refractivity contribution in [3.05, 3.63) is 28.2 Å². The molecule has 3 fully saturated rings. The molecule has 0 saturated carbocycles. The summed E-state index contributed by atoms with van der Waals surface area (Å²) in [6, 6.07) is 7.35. The number of benzene rings is 1. The van der Waals surface area contributed by atoms with Crippen molar-refractivity contribution in [3.8, 4) is 11.8 Å². The number of hydrogen-bond acceptors (Lipinski definition) is 5. The minimum Gasteiger partial charge on any atom is -0.497 e. The number of carbonyl (C=O) groups excluding carboxylic acids is 2. The molecule has 3 aliphatic heterocycles. The number of likely N-dealkylation sites (N-methyl/N-ethyl adjacent to an activating group) is 1. The lowest BCUT2D eigenvalue weighted by molar-refractivity contribution is -0.159. The summed E-state index contributed by atoms with van der Waals surface area (Å²) in [5, 5.41) is 9.99. The van der Waals surface area contributed by atoms with Crippen LogP contribution in [0, 0.1) is 16.7 Å². The van der Waals surface area contributed by atoms with Crippen LogP contribution in [-0.2, 0) is 9.59 Å². The zero-order chi connectivity index (χ0) is 19.1. The van der Waals surface area contributed by atoms with Crippen molar-refractivity contribution in [2.24, 2.45) is 5.41 Å². The predicted octanol–water partition coefficient (Wildman–Crippen LogP) is 2.89. The minimum absolute atomic E-state index is 0.104. The maximum atomic E-state index is 13.3. The van der Waals surface area contributed by atoms with Crippen LogP contribution in [0.3, 0.4) is 0 Å². The smallest absolute Gasteiger partial charge is 0.261 e. The second-order valence-corrected chi connectivity index (χ2v) is 9.93. The van der Waals surface area contributed by atoms with Gasteiger partial charge in [-0.3, -0.25) is 9.59 Å². The zero-order valence-electron chi connectivity index (χ0n) is 14.9. The first-order valence-electron chi connectivity index (χ1n) is 8.21. The van der Waals surface area contributed by atoms with E-state index in [-0.39, 0.29) is 11.8 Å². The van der Waals surface area contributed by atoms with E-state index in [9.17, 15) is 14.9 Å². The molecular formula is C18H18BrN3O3S. The first-order valence-corrected chi connectivity index (χ1v) is 9.82. The number of halogens is 1. The van der Waals surface area contributed by atoms with Gasteiger partial charge >= 0.3 is 0 Å². The second kappa shape index (κ2) is 5.17. The highest BCUT2D eigenvalue weighted by Crippen LogP contribution is 2.69. The van der Waals surface area contributed by atoms with E-state index in [1.165, 1.54) is 16.7 Å². The lowest BCUT2D eigenvalue weighted by Crippen LogP contribution is -2.60. The maximum Gasteiger partial charge on any atom is 0.261 e. The van der Waals surface area contributed by atoms with Crippen molar-refractivity contribution in [3.63, 3.8) is 0 Å². The highest BCUT2D eigenvalue weighted by atomic mass is 79.9. The molecular weight excluding hydrogens is 418 g/mol. The molecule has 1 spiro atoms. The van der Waals surface area contributed by atoms with Crippen LogP contribution in [-0.4, -0.2) is 45.5 Å². The Labute approximate surface area is 164 Å². The molecule has 136 valence electrons. The van der Waals surface area contributed by atoms with Gasteiger partial charge in [-0.05, 0) is 37.6 Å². The molecule has 3 saturated heterocycles. The molecule has 4 rings (SSSR count). The van der Waals surface area contributed by atoms with Crippen molar-refractivity contribution in [2.75, 3.05) is 14.2 Å². The molecule has 1 aromatic rings. The van der Waals surface area contributed by atoms with Crippen LogP contribution in [0.15, 0.2) is 22.7 Å². The third kappa shape index (κ3) is 1.83. The summed E-state index contributed by atoms with van der Waals surface area (Å²) < 4.78 is 6.13. The van der Waals surface area contributed by atoms with Gasteiger partial charge < -0.3 is 14.5 Å². The third-order valence-electron chi connectivity index (χ3n) is 5.87. The van der Waals surface area contributed by atoms with Crippen LogP contribution in [0.25, 0.3) is 0 Å². The van der Waals surface area contributed by atoms with Gasteiger partial charge in [0, 0.05) is 17.9 Å². The maximum absolute atomic E-state index is 13.3. The Morgan fingerprint density at radius 1 is 1.35 bits per heavy atom. The summed E-state index contributed by atoms with van der Waals surface area (Å²) in [6.07, 6.45) is 0.306. The monoisotopic (exact) mass is 435 g/mol. The van der Waals surface area contributed by atoms with E-state index in [0.717, 1.165) is 10.0 Å². The van der Waals surface area contributed by atoms with E-state index in [1.54, 1.807) is 26.0 Å². The van der Waals surface area contributed by atoms with Gasteiger partial charge in [-0.15, -0.1) is 0 Å². The fourth-order valence-corrected chi connectivity index (χ4v) is 6.88. The molecule has 6 nitrogen and oxygen atoms in total. The van der Waals surface area contributed by atoms with Crippen LogP contribution < -0.4 is 4.74 Å². The Balaban J connectivity index is 1.95. The van der Waals surface area contributed by atoms with Crippen LogP contribution in [0.5, 0.6) is 5.75 Å². The number of methoxy groups -OCH3 is 1. The van der Waals surface area contributed by atoms with Crippen LogP contribution >= 0.6 is 27.7 Å². The Morgan fingerprint density at radius 3 is 2.65 bits per heavy atom. The molecule has 1 unspecified atom stereocenters. The van der Waals surface area contributed by atoms with Crippen LogP contribution in [0.4, 0.5) is 0 Å². The van der Waals surface area contributed by atoms with Crippen molar-refractivity contribution < 1.29 is 14.3 Å². The molecule has 4 atom stereocenters. The molecule has 26 heavy (non-hydrogen) atoms. The summed E-state index contributed by atoms with van der Waals surface area (Å²) in [6.45, 7) is 3.61. The van der Waals surface area contributed by atoms with Crippen LogP contribution in [0.2, 0.25) is 0 Å². The Bertz CT molecular complexity index is 902. The predicted molar refractivity (Wildman–Crippen MR) is 100 cm³/mol. The summed E-state index contributed by atoms with van der Waals surface area (Å²) in [5.41, 5.74) is -0.106. The van der Waals surface area contributed by atoms with E-state index < -0.39 is 21.2 Å². The standard InChI is InChI=1S/C18H18BrN3O3S/c1-16(9-20)8-18-15(24)21(3)17(2,26-18)14(23)22(18)13(16)11-7-10(25-4)5-6-12(11)19/h5-7,13H,8H2,1-4H3/t13?,16-,17+,18+/m1/s1. The number of hydrogen-bond donors (Lipinski definition) is 0. The first kappa shape index (κ1) is 17.7. The zero-order valence-corrected chi connectivity index (χ0v) is 17.3. The topological polar surface area (TPSA) is 73.6 Å². The normalized spacial score (nSPS) is 37.9. The molecule has 3 aliphatic rings. The van der Waals surface area contributed by atoms with Crippen molar-refractivity contribution in [1.82, 2.24) is 9.80 Å². The molecule has 0 aliphatic carbocycles. The van der Waals surface area contributed by atoms with Gasteiger partial charge in [-0.25, -0.2) is 0 Å². The molecule has 0 aromatic heterocycles. The molecule has 1 aromatic carbocycles. The summed E-state index contributed by atoms with van der Waals surface area (Å²) in [5.74, 6) is 0.416. The number of piperazine rings is 1. The highest BCUT2D eigenvalue weighted by Gasteiger charge is 2.78. The quantitative estimate of drug-likeness (QED) is 0.713. The van der Waals surface area contributed by atoms with E-state index in [1.807, 2.05) is 25.1 Å². The fourth-order valence-electron chi connectivity index (χ4n) is 4.47. The Morgan fingerprint density at radius 2 is 2.04 bits per heavy atom. The number of nitriles is 1. The van der Waals surface area contributed by atoms with Crippen molar-refractivity contribution in [1.29, 1.82) is 5.26 Å². The molecule has 2 bridgehead atoms. The van der Waals surface area contributed by atoms with E-state index in [0.29, 0.717) is 12.2 Å². The molecule has 2 amide bonds. The largest absolute Gasteiger partial charge is 0.497 e. The van der Waals surface area contributed by atoms with Gasteiger partial charge in [0.2, 0.25) is 0 Å². The van der Waals surface area contributed by atoms with Gasteiger partial charge in [0.1, 0.15) is 5.75 Å². The highest BCUT2D eigenvalue weighted by molar-refractivity contribution is 9.10. The van der Waals surface area contributed by atoms with Crippen molar-refractivity contribution in [2.45, 2.75) is 36.1 Å². The van der Waals surface area contributed by atoms with Gasteiger partial charge in [0.05, 0.1) is 24.6 Å². The lowest BCUT2D eigenvalue weighted by atomic mass is 9.79. The SMILES string of the molecule is COc1ccc(Br)c(C2N3C(=O)[C@]4(C)S[C@@]3(C[C@]2(C)C#N)C(=O)N4C)c1. The molecule has 3 heterocycles. The number of thioether (sulfide) groups is 1. The summed E-state index contributed by atoms with van der Waals surface area (Å²) >= 11 is 4.92. The van der Waals surface area contributed by atoms with E-state index >= 15 is 0 Å². The number of fused-ring (bicyclic) bond motifs is 1. The average Bonchev–Trinajstić information content (AvgIpc) is 3.08. The third-order valence-corrected chi connectivity index (χ3v) is 8.29. The number of rotatable bonds is 2. The van der Waals surface area contributed by atoms with E-state index in [4.69, 9.17) is 4.74 Å². The Hall–Kier alpha value is -1.72. The fraction of sp³-hybridized carbons (Fsp3) is 0.500. The van der Waals surface area contributed by atoms with Gasteiger partial charge in [-0.2, -0.15) is 5.26 Å². The number of carbonyl (C=O) groups is 2. The van der Waals surface area contributed by atoms with E-state index in [2.05, 4.69) is 22.0 Å². The first-order chi connectivity index (χ1) is 12.1. The molecule has 8 heteroatoms. The van der Waals surface area contributed by atoms with Gasteiger partial charge in [-0.1, -0.05) is 27.7 Å². The second-order valence-electron chi connectivity index (χ2n) is 7.40. The minimum atomic E-state index is -1.02. The number of amides is 2. The lowest BCUT2D eigenvalue weighted by Gasteiger charge is -2.40. The summed E-state index contributed by atoms with van der Waals surface area (Å²) in [7, 11) is 3.24. The number of nitrogens with zero attached hydrogens (tertiary/aromatic N) is 3. The van der Waals surface area contributed by atoms with Gasteiger partial charge in [0.15, 0.2) is 9.74 Å². The molecule has 0 radical (unpaired) electrons. The van der Waals surface area contributed by atoms with Crippen LogP contribution in [0.1, 0.15) is 31.9 Å². The number of ether oxygens (including phenoxy) is 1. The molecule has 0 N–H and O–H groups in total. The van der Waals surface area contributed by atoms with Gasteiger partial charge in [0.25, 0.3) is 11.8 Å².